The van der Waals surface area contributed by atoms with E-state index in [4.69, 9.17) is 14.8 Å². The third-order valence-corrected chi connectivity index (χ3v) is 6.32. The second-order valence-corrected chi connectivity index (χ2v) is 10.8. The van der Waals surface area contributed by atoms with Crippen LogP contribution in [0.2, 0.25) is 0 Å². The number of carbonyl (C=O) groups is 1. The molecule has 1 fully saturated rings. The molecular formula is C28H38N8O2. The van der Waals surface area contributed by atoms with E-state index in [1.165, 1.54) is 6.08 Å². The van der Waals surface area contributed by atoms with Crippen LogP contribution >= 0.6 is 0 Å². The van der Waals surface area contributed by atoms with E-state index >= 15 is 0 Å². The van der Waals surface area contributed by atoms with Crippen LogP contribution < -0.4 is 20.3 Å². The summed E-state index contributed by atoms with van der Waals surface area (Å²) < 4.78 is 7.51. The molecule has 1 aliphatic rings. The topological polar surface area (TPSA) is 100 Å². The van der Waals surface area contributed by atoms with E-state index in [9.17, 15) is 4.79 Å². The standard InChI is InChI=1S/C28H38N8O2/c1-8-25(37)30-20-15-21(23(38-7)16-22(20)35-13-9-10-14-35)31-27-29-12-11-24(32-27)36-18-19(17-34(5)6)26(33-36)28(2,3)4/h8,11-12,15-16,18H,1,9-10,13-14,17H2,2-7H3,(H,30,37)(H,29,31,32). The number of aromatic nitrogens is 4. The summed E-state index contributed by atoms with van der Waals surface area (Å²) in [4.78, 5) is 25.7. The van der Waals surface area contributed by atoms with Crippen LogP contribution in [0.15, 0.2) is 43.2 Å². The highest BCUT2D eigenvalue weighted by Gasteiger charge is 2.24. The Bertz CT molecular complexity index is 1300. The van der Waals surface area contributed by atoms with Gasteiger partial charge < -0.3 is 25.2 Å². The van der Waals surface area contributed by atoms with E-state index in [0.717, 1.165) is 49.4 Å². The molecule has 2 N–H and O–H groups in total. The summed E-state index contributed by atoms with van der Waals surface area (Å²) in [7, 11) is 5.72. The molecule has 202 valence electrons. The number of methoxy groups -OCH3 is 1. The number of ether oxygens (including phenoxy) is 1. The van der Waals surface area contributed by atoms with Gasteiger partial charge in [0.1, 0.15) is 5.75 Å². The Labute approximate surface area is 224 Å². The van der Waals surface area contributed by atoms with Gasteiger partial charge in [0.25, 0.3) is 0 Å². The smallest absolute Gasteiger partial charge is 0.247 e. The average molecular weight is 519 g/mol. The SMILES string of the molecule is C=CC(=O)Nc1cc(Nc2nccc(-n3cc(CN(C)C)c(C(C)(C)C)n3)n2)c(OC)cc1N1CCCC1. The van der Waals surface area contributed by atoms with Crippen LogP contribution in [-0.2, 0) is 16.8 Å². The predicted molar refractivity (Wildman–Crippen MR) is 152 cm³/mol. The summed E-state index contributed by atoms with van der Waals surface area (Å²) in [5.41, 5.74) is 4.29. The minimum absolute atomic E-state index is 0.110. The Morgan fingerprint density at radius 1 is 1.21 bits per heavy atom. The predicted octanol–water partition coefficient (Wildman–Crippen LogP) is 4.50. The maximum absolute atomic E-state index is 12.2. The molecule has 0 saturated carbocycles. The first-order valence-corrected chi connectivity index (χ1v) is 12.8. The third kappa shape index (κ3) is 6.13. The van der Waals surface area contributed by atoms with Crippen LogP contribution in [0.4, 0.5) is 23.0 Å². The van der Waals surface area contributed by atoms with Gasteiger partial charge in [-0.15, -0.1) is 0 Å². The number of hydrogen-bond donors (Lipinski definition) is 2. The highest BCUT2D eigenvalue weighted by Crippen LogP contribution is 2.39. The minimum atomic E-state index is -0.276. The molecule has 0 aliphatic carbocycles. The van der Waals surface area contributed by atoms with Crippen LogP contribution in [0.1, 0.15) is 44.9 Å². The Hall–Kier alpha value is -3.92. The minimum Gasteiger partial charge on any atom is -0.494 e. The first kappa shape index (κ1) is 27.1. The van der Waals surface area contributed by atoms with Crippen molar-refractivity contribution in [3.8, 4) is 11.6 Å². The molecule has 3 aromatic rings. The molecule has 10 nitrogen and oxygen atoms in total. The molecule has 38 heavy (non-hydrogen) atoms. The Balaban J connectivity index is 1.69. The molecule has 0 unspecified atom stereocenters. The summed E-state index contributed by atoms with van der Waals surface area (Å²) in [6.07, 6.45) is 7.20. The number of carbonyl (C=O) groups excluding carboxylic acids is 1. The lowest BCUT2D eigenvalue weighted by Gasteiger charge is -2.24. The molecular weight excluding hydrogens is 480 g/mol. The first-order valence-electron chi connectivity index (χ1n) is 12.8. The van der Waals surface area contributed by atoms with Gasteiger partial charge in [-0.25, -0.2) is 9.67 Å². The van der Waals surface area contributed by atoms with Crippen molar-refractivity contribution in [3.05, 3.63) is 54.5 Å². The van der Waals surface area contributed by atoms with E-state index in [0.29, 0.717) is 28.9 Å². The lowest BCUT2D eigenvalue weighted by molar-refractivity contribution is -0.111. The van der Waals surface area contributed by atoms with E-state index in [1.807, 2.05) is 38.5 Å². The van der Waals surface area contributed by atoms with E-state index < -0.39 is 0 Å². The number of anilines is 4. The molecule has 1 aliphatic heterocycles. The quantitative estimate of drug-likeness (QED) is 0.400. The van der Waals surface area contributed by atoms with Crippen molar-refractivity contribution in [1.29, 1.82) is 0 Å². The summed E-state index contributed by atoms with van der Waals surface area (Å²) in [5, 5.41) is 11.1. The van der Waals surface area contributed by atoms with Crippen LogP contribution in [0.25, 0.3) is 5.82 Å². The number of nitrogens with zero attached hydrogens (tertiary/aromatic N) is 6. The van der Waals surface area contributed by atoms with Gasteiger partial charge in [0.15, 0.2) is 5.82 Å². The average Bonchev–Trinajstić information content (AvgIpc) is 3.54. The summed E-state index contributed by atoms with van der Waals surface area (Å²) in [6, 6.07) is 5.62. The monoisotopic (exact) mass is 518 g/mol. The van der Waals surface area contributed by atoms with Crippen LogP contribution in [0, 0.1) is 0 Å². The Morgan fingerprint density at radius 2 is 1.95 bits per heavy atom. The molecule has 0 radical (unpaired) electrons. The fourth-order valence-electron chi connectivity index (χ4n) is 4.61. The summed E-state index contributed by atoms with van der Waals surface area (Å²) in [6.45, 7) is 12.7. The van der Waals surface area contributed by atoms with Crippen molar-refractivity contribution < 1.29 is 9.53 Å². The van der Waals surface area contributed by atoms with E-state index in [-0.39, 0.29) is 11.3 Å². The zero-order chi connectivity index (χ0) is 27.4. The number of rotatable bonds is 9. The highest BCUT2D eigenvalue weighted by atomic mass is 16.5. The van der Waals surface area contributed by atoms with Crippen molar-refractivity contribution in [2.45, 2.75) is 45.6 Å². The zero-order valence-corrected chi connectivity index (χ0v) is 23.2. The molecule has 1 amide bonds. The van der Waals surface area contributed by atoms with Gasteiger partial charge in [-0.2, -0.15) is 10.1 Å². The van der Waals surface area contributed by atoms with Crippen molar-refractivity contribution in [2.75, 3.05) is 49.8 Å². The second kappa shape index (κ2) is 11.2. The zero-order valence-electron chi connectivity index (χ0n) is 23.2. The van der Waals surface area contributed by atoms with Crippen molar-refractivity contribution >= 4 is 28.9 Å². The molecule has 0 atom stereocenters. The number of amides is 1. The van der Waals surface area contributed by atoms with Gasteiger partial charge in [0.05, 0.1) is 29.9 Å². The van der Waals surface area contributed by atoms with Gasteiger partial charge >= 0.3 is 0 Å². The normalized spacial score (nSPS) is 13.6. The summed E-state index contributed by atoms with van der Waals surface area (Å²) >= 11 is 0. The van der Waals surface area contributed by atoms with Crippen molar-refractivity contribution in [1.82, 2.24) is 24.6 Å². The molecule has 1 saturated heterocycles. The summed E-state index contributed by atoms with van der Waals surface area (Å²) in [5.74, 6) is 1.38. The Kier molecular flexibility index (Phi) is 8.01. The first-order chi connectivity index (χ1) is 18.1. The number of hydrogen-bond acceptors (Lipinski definition) is 8. The maximum Gasteiger partial charge on any atom is 0.247 e. The molecule has 0 bridgehead atoms. The lowest BCUT2D eigenvalue weighted by atomic mass is 9.89. The second-order valence-electron chi connectivity index (χ2n) is 10.8. The van der Waals surface area contributed by atoms with Gasteiger partial charge in [0.2, 0.25) is 11.9 Å². The lowest BCUT2D eigenvalue weighted by Crippen LogP contribution is -2.21. The largest absolute Gasteiger partial charge is 0.494 e. The molecule has 0 spiro atoms. The molecule has 1 aromatic carbocycles. The number of nitrogens with one attached hydrogen (secondary N) is 2. The molecule has 10 heteroatoms. The van der Waals surface area contributed by atoms with Gasteiger partial charge in [0, 0.05) is 55.1 Å². The maximum atomic E-state index is 12.2. The third-order valence-electron chi connectivity index (χ3n) is 6.32. The van der Waals surface area contributed by atoms with Crippen LogP contribution in [0.3, 0.4) is 0 Å². The van der Waals surface area contributed by atoms with Gasteiger partial charge in [-0.3, -0.25) is 4.79 Å². The van der Waals surface area contributed by atoms with E-state index in [2.05, 4.69) is 52.8 Å². The van der Waals surface area contributed by atoms with E-state index in [1.54, 1.807) is 18.0 Å². The Morgan fingerprint density at radius 3 is 2.58 bits per heavy atom. The number of benzene rings is 1. The highest BCUT2D eigenvalue weighted by molar-refractivity contribution is 6.02. The molecule has 4 rings (SSSR count). The van der Waals surface area contributed by atoms with Crippen LogP contribution in [0.5, 0.6) is 5.75 Å². The fourth-order valence-corrected chi connectivity index (χ4v) is 4.61. The fraction of sp³-hybridized carbons (Fsp3) is 0.429. The van der Waals surface area contributed by atoms with Crippen molar-refractivity contribution in [2.24, 2.45) is 0 Å². The molecule has 2 aromatic heterocycles. The van der Waals surface area contributed by atoms with Gasteiger partial charge in [-0.1, -0.05) is 27.4 Å². The molecule has 3 heterocycles. The van der Waals surface area contributed by atoms with Crippen molar-refractivity contribution in [3.63, 3.8) is 0 Å². The van der Waals surface area contributed by atoms with Gasteiger partial charge in [-0.05, 0) is 39.1 Å². The van der Waals surface area contributed by atoms with Crippen LogP contribution in [-0.4, -0.2) is 64.9 Å².